The van der Waals surface area contributed by atoms with Gasteiger partial charge < -0.3 is 9.88 Å². The molecule has 2 aromatic heterocycles. The minimum atomic E-state index is -0.165. The minimum absolute atomic E-state index is 0.165. The van der Waals surface area contributed by atoms with E-state index in [1.807, 2.05) is 12.3 Å². The van der Waals surface area contributed by atoms with Gasteiger partial charge in [-0.25, -0.2) is 4.98 Å². The van der Waals surface area contributed by atoms with E-state index in [4.69, 9.17) is 0 Å². The van der Waals surface area contributed by atoms with Crippen LogP contribution in [0, 0.1) is 5.92 Å². The van der Waals surface area contributed by atoms with Crippen molar-refractivity contribution in [2.24, 2.45) is 5.92 Å². The molecule has 3 heterocycles. The van der Waals surface area contributed by atoms with Crippen LogP contribution in [-0.2, 0) is 19.5 Å². The van der Waals surface area contributed by atoms with Gasteiger partial charge in [0.1, 0.15) is 5.69 Å². The van der Waals surface area contributed by atoms with E-state index in [0.717, 1.165) is 35.3 Å². The van der Waals surface area contributed by atoms with Crippen molar-refractivity contribution in [1.82, 2.24) is 25.1 Å². The van der Waals surface area contributed by atoms with Crippen molar-refractivity contribution in [3.8, 4) is 0 Å². The van der Waals surface area contributed by atoms with Crippen LogP contribution in [0.5, 0.6) is 0 Å². The van der Waals surface area contributed by atoms with Crippen LogP contribution in [0.25, 0.3) is 0 Å². The van der Waals surface area contributed by atoms with Crippen molar-refractivity contribution in [1.29, 1.82) is 0 Å². The maximum absolute atomic E-state index is 12.1. The van der Waals surface area contributed by atoms with Crippen molar-refractivity contribution in [3.05, 3.63) is 29.3 Å². The van der Waals surface area contributed by atoms with E-state index in [0.29, 0.717) is 18.2 Å². The fraction of sp³-hybridized carbons (Fsp3) is 0.500. The van der Waals surface area contributed by atoms with Crippen LogP contribution in [0.3, 0.4) is 0 Å². The molecular weight excluding hydrogens is 286 g/mol. The molecule has 0 aromatic carbocycles. The molecule has 112 valence electrons. The summed E-state index contributed by atoms with van der Waals surface area (Å²) in [5.74, 6) is 1.45. The molecule has 0 saturated carbocycles. The van der Waals surface area contributed by atoms with Crippen molar-refractivity contribution >= 4 is 17.7 Å². The van der Waals surface area contributed by atoms with E-state index in [1.54, 1.807) is 11.8 Å². The number of nitrogens with one attached hydrogen (secondary N) is 2. The number of carbonyl (C=O) groups is 1. The summed E-state index contributed by atoms with van der Waals surface area (Å²) >= 11 is 1.75. The Balaban J connectivity index is 1.57. The first kappa shape index (κ1) is 14.2. The summed E-state index contributed by atoms with van der Waals surface area (Å²) in [4.78, 5) is 16.5. The number of carbonyl (C=O) groups excluding carboxylic acids is 1. The van der Waals surface area contributed by atoms with E-state index in [-0.39, 0.29) is 5.91 Å². The molecule has 0 atom stereocenters. The number of amides is 1. The fourth-order valence-electron chi connectivity index (χ4n) is 2.33. The monoisotopic (exact) mass is 305 g/mol. The number of aryl methyl sites for hydroxylation is 1. The van der Waals surface area contributed by atoms with Gasteiger partial charge >= 0.3 is 0 Å². The molecule has 0 bridgehead atoms. The maximum Gasteiger partial charge on any atom is 0.272 e. The zero-order chi connectivity index (χ0) is 14.8. The van der Waals surface area contributed by atoms with Crippen LogP contribution in [0.1, 0.15) is 35.7 Å². The number of hydrogen-bond acceptors (Lipinski definition) is 4. The predicted molar refractivity (Wildman–Crippen MR) is 81.3 cm³/mol. The molecule has 0 aliphatic carbocycles. The van der Waals surface area contributed by atoms with Gasteiger partial charge in [-0.2, -0.15) is 5.10 Å². The smallest absolute Gasteiger partial charge is 0.272 e. The number of nitrogens with zero attached hydrogens (tertiary/aromatic N) is 3. The van der Waals surface area contributed by atoms with Gasteiger partial charge in [0.2, 0.25) is 0 Å². The molecule has 1 aliphatic rings. The van der Waals surface area contributed by atoms with E-state index in [2.05, 4.69) is 38.9 Å². The first-order valence-corrected chi connectivity index (χ1v) is 8.11. The second kappa shape index (κ2) is 5.93. The molecule has 0 radical (unpaired) electrons. The molecule has 1 amide bonds. The summed E-state index contributed by atoms with van der Waals surface area (Å²) in [5.41, 5.74) is 2.32. The lowest BCUT2D eigenvalue weighted by molar-refractivity contribution is 0.0945. The van der Waals surface area contributed by atoms with E-state index >= 15 is 0 Å². The maximum atomic E-state index is 12.1. The second-order valence-electron chi connectivity index (χ2n) is 5.62. The number of aromatic amines is 1. The first-order valence-electron chi connectivity index (χ1n) is 7.13. The summed E-state index contributed by atoms with van der Waals surface area (Å²) in [6, 6.07) is 1.82. The number of H-pyrrole nitrogens is 1. The Bertz CT molecular complexity index is 624. The lowest BCUT2D eigenvalue weighted by Crippen LogP contribution is -2.23. The van der Waals surface area contributed by atoms with Gasteiger partial charge in [0.15, 0.2) is 5.16 Å². The number of aromatic nitrogens is 4. The SMILES string of the molecule is CC(C)Cc1cc(C(=O)NCc2cn3c(n2)SCC3)n[nH]1. The highest BCUT2D eigenvalue weighted by Crippen LogP contribution is 2.24. The quantitative estimate of drug-likeness (QED) is 0.884. The molecule has 7 heteroatoms. The van der Waals surface area contributed by atoms with Gasteiger partial charge in [-0.15, -0.1) is 0 Å². The molecule has 0 fully saturated rings. The number of rotatable bonds is 5. The average Bonchev–Trinajstić information content (AvgIpc) is 3.09. The van der Waals surface area contributed by atoms with Gasteiger partial charge in [0, 0.05) is 24.2 Å². The standard InChI is InChI=1S/C14H19N5OS/c1-9(2)5-10-6-12(18-17-10)13(20)15-7-11-8-19-3-4-21-14(19)16-11/h6,8-9H,3-5,7H2,1-2H3,(H,15,20)(H,17,18). The van der Waals surface area contributed by atoms with Gasteiger partial charge in [-0.1, -0.05) is 25.6 Å². The largest absolute Gasteiger partial charge is 0.345 e. The third-order valence-corrected chi connectivity index (χ3v) is 4.25. The van der Waals surface area contributed by atoms with Crippen LogP contribution < -0.4 is 5.32 Å². The van der Waals surface area contributed by atoms with Crippen LogP contribution >= 0.6 is 11.8 Å². The number of hydrogen-bond donors (Lipinski definition) is 2. The van der Waals surface area contributed by atoms with Gasteiger partial charge in [-0.05, 0) is 18.4 Å². The number of fused-ring (bicyclic) bond motifs is 1. The highest BCUT2D eigenvalue weighted by molar-refractivity contribution is 7.99. The van der Waals surface area contributed by atoms with E-state index < -0.39 is 0 Å². The summed E-state index contributed by atoms with van der Waals surface area (Å²) < 4.78 is 2.13. The zero-order valence-corrected chi connectivity index (χ0v) is 13.0. The van der Waals surface area contributed by atoms with E-state index in [9.17, 15) is 4.79 Å². The Labute approximate surface area is 127 Å². The molecule has 2 N–H and O–H groups in total. The third-order valence-electron chi connectivity index (χ3n) is 3.27. The molecule has 3 rings (SSSR count). The summed E-state index contributed by atoms with van der Waals surface area (Å²) in [7, 11) is 0. The molecule has 2 aromatic rings. The number of imidazole rings is 1. The van der Waals surface area contributed by atoms with Gasteiger partial charge in [0.25, 0.3) is 5.91 Å². The Morgan fingerprint density at radius 1 is 1.57 bits per heavy atom. The topological polar surface area (TPSA) is 75.6 Å². The van der Waals surface area contributed by atoms with Crippen LogP contribution in [-0.4, -0.2) is 31.4 Å². The van der Waals surface area contributed by atoms with Crippen molar-refractivity contribution in [2.45, 2.75) is 38.5 Å². The van der Waals surface area contributed by atoms with Crippen molar-refractivity contribution in [3.63, 3.8) is 0 Å². The van der Waals surface area contributed by atoms with Crippen LogP contribution in [0.4, 0.5) is 0 Å². The predicted octanol–water partition coefficient (Wildman–Crippen LogP) is 1.84. The molecule has 0 unspecified atom stereocenters. The van der Waals surface area contributed by atoms with Gasteiger partial charge in [0.05, 0.1) is 12.2 Å². The second-order valence-corrected chi connectivity index (χ2v) is 6.68. The molecule has 1 aliphatic heterocycles. The van der Waals surface area contributed by atoms with Crippen LogP contribution in [0.15, 0.2) is 17.4 Å². The Hall–Kier alpha value is -1.76. The third kappa shape index (κ3) is 3.29. The molecule has 0 saturated heterocycles. The lowest BCUT2D eigenvalue weighted by Gasteiger charge is -2.00. The first-order chi connectivity index (χ1) is 10.1. The lowest BCUT2D eigenvalue weighted by atomic mass is 10.1. The molecule has 6 nitrogen and oxygen atoms in total. The van der Waals surface area contributed by atoms with Crippen molar-refractivity contribution < 1.29 is 4.79 Å². The zero-order valence-electron chi connectivity index (χ0n) is 12.2. The highest BCUT2D eigenvalue weighted by Gasteiger charge is 2.16. The van der Waals surface area contributed by atoms with Crippen molar-refractivity contribution in [2.75, 3.05) is 5.75 Å². The van der Waals surface area contributed by atoms with Gasteiger partial charge in [-0.3, -0.25) is 9.89 Å². The molecule has 0 spiro atoms. The molecule has 21 heavy (non-hydrogen) atoms. The normalized spacial score (nSPS) is 13.7. The Morgan fingerprint density at radius 3 is 3.19 bits per heavy atom. The summed E-state index contributed by atoms with van der Waals surface area (Å²) in [6.07, 6.45) is 2.90. The highest BCUT2D eigenvalue weighted by atomic mass is 32.2. The summed E-state index contributed by atoms with van der Waals surface area (Å²) in [5, 5.41) is 10.9. The fourth-order valence-corrected chi connectivity index (χ4v) is 3.29. The number of thioether (sulfide) groups is 1. The Kier molecular flexibility index (Phi) is 4.01. The average molecular weight is 305 g/mol. The summed E-state index contributed by atoms with van der Waals surface area (Å²) in [6.45, 7) is 5.71. The molecular formula is C14H19N5OS. The van der Waals surface area contributed by atoms with Crippen LogP contribution in [0.2, 0.25) is 0 Å². The van der Waals surface area contributed by atoms with E-state index in [1.165, 1.54) is 0 Å². The minimum Gasteiger partial charge on any atom is -0.345 e. The Morgan fingerprint density at radius 2 is 2.43 bits per heavy atom.